The molecule has 4 nitrogen and oxygen atoms in total. The molecule has 1 saturated carbocycles. The van der Waals surface area contributed by atoms with E-state index in [-0.39, 0.29) is 17.2 Å². The molecule has 1 fully saturated rings. The van der Waals surface area contributed by atoms with E-state index in [9.17, 15) is 23.1 Å². The van der Waals surface area contributed by atoms with E-state index in [2.05, 4.69) is 0 Å². The van der Waals surface area contributed by atoms with Crippen LogP contribution < -0.4 is 4.74 Å². The maximum absolute atomic E-state index is 14.8. The Morgan fingerprint density at radius 3 is 2.28 bits per heavy atom. The van der Waals surface area contributed by atoms with Gasteiger partial charge in [0, 0.05) is 5.56 Å². The van der Waals surface area contributed by atoms with Crippen LogP contribution in [0.3, 0.4) is 0 Å². The van der Waals surface area contributed by atoms with Gasteiger partial charge in [-0.3, -0.25) is 0 Å². The Balaban J connectivity index is 1.39. The van der Waals surface area contributed by atoms with Crippen molar-refractivity contribution in [2.45, 2.75) is 57.7 Å². The molecule has 36 heavy (non-hydrogen) atoms. The van der Waals surface area contributed by atoms with E-state index in [1.807, 2.05) is 6.07 Å². The van der Waals surface area contributed by atoms with E-state index >= 15 is 0 Å². The summed E-state index contributed by atoms with van der Waals surface area (Å²) in [6.45, 7) is 3.79. The van der Waals surface area contributed by atoms with Crippen molar-refractivity contribution in [2.24, 2.45) is 0 Å². The van der Waals surface area contributed by atoms with Gasteiger partial charge in [0.05, 0.1) is 18.3 Å². The second-order valence-electron chi connectivity index (χ2n) is 9.09. The lowest BCUT2D eigenvalue weighted by Crippen LogP contribution is -2.24. The van der Waals surface area contributed by atoms with Crippen LogP contribution in [0.2, 0.25) is 0 Å². The van der Waals surface area contributed by atoms with Crippen LogP contribution in [0.4, 0.5) is 13.2 Å². The number of hydrogen-bond acceptors (Lipinski definition) is 4. The lowest BCUT2D eigenvalue weighted by Gasteiger charge is -2.28. The van der Waals surface area contributed by atoms with Crippen LogP contribution >= 0.6 is 0 Å². The molecule has 3 aromatic rings. The van der Waals surface area contributed by atoms with Crippen LogP contribution in [0.15, 0.2) is 54.6 Å². The first-order chi connectivity index (χ1) is 17.3. The smallest absolute Gasteiger partial charge is 0.341 e. The minimum Gasteiger partial charge on any atom is -0.491 e. The van der Waals surface area contributed by atoms with Gasteiger partial charge in [-0.2, -0.15) is 0 Å². The van der Waals surface area contributed by atoms with Gasteiger partial charge in [-0.25, -0.2) is 18.0 Å². The van der Waals surface area contributed by atoms with Crippen LogP contribution in [0, 0.1) is 17.5 Å². The third-order valence-corrected chi connectivity index (χ3v) is 6.68. The van der Waals surface area contributed by atoms with E-state index in [4.69, 9.17) is 9.47 Å². The predicted octanol–water partition coefficient (Wildman–Crippen LogP) is 7.11. The molecule has 1 unspecified atom stereocenters. The van der Waals surface area contributed by atoms with Gasteiger partial charge < -0.3 is 14.6 Å². The zero-order valence-electron chi connectivity index (χ0n) is 20.3. The van der Waals surface area contributed by atoms with Gasteiger partial charge in [-0.15, -0.1) is 0 Å². The molecule has 190 valence electrons. The Labute approximate surface area is 208 Å². The summed E-state index contributed by atoms with van der Waals surface area (Å²) in [5.41, 5.74) is 1.52. The highest BCUT2D eigenvalue weighted by atomic mass is 19.2. The van der Waals surface area contributed by atoms with E-state index in [1.165, 1.54) is 18.2 Å². The summed E-state index contributed by atoms with van der Waals surface area (Å²) in [5.74, 6) is -3.34. The van der Waals surface area contributed by atoms with E-state index in [0.717, 1.165) is 5.56 Å². The molecule has 0 amide bonds. The van der Waals surface area contributed by atoms with Crippen LogP contribution in [0.25, 0.3) is 11.1 Å². The lowest BCUT2D eigenvalue weighted by atomic mass is 9.82. The van der Waals surface area contributed by atoms with E-state index < -0.39 is 41.2 Å². The summed E-state index contributed by atoms with van der Waals surface area (Å²) in [5, 5.41) is 9.62. The predicted molar refractivity (Wildman–Crippen MR) is 130 cm³/mol. The van der Waals surface area contributed by atoms with Crippen molar-refractivity contribution < 1.29 is 32.5 Å². The van der Waals surface area contributed by atoms with Gasteiger partial charge in [0.25, 0.3) is 0 Å². The van der Waals surface area contributed by atoms with Crippen molar-refractivity contribution in [1.29, 1.82) is 0 Å². The van der Waals surface area contributed by atoms with Crippen LogP contribution in [-0.4, -0.2) is 23.8 Å². The number of halogens is 3. The highest BCUT2D eigenvalue weighted by molar-refractivity contribution is 5.90. The van der Waals surface area contributed by atoms with Crippen molar-refractivity contribution in [2.75, 3.05) is 6.61 Å². The van der Waals surface area contributed by atoms with Gasteiger partial charge in [0.1, 0.15) is 6.10 Å². The average Bonchev–Trinajstić information content (AvgIpc) is 2.87. The van der Waals surface area contributed by atoms with Crippen molar-refractivity contribution in [1.82, 2.24) is 0 Å². The molecule has 1 aliphatic carbocycles. The molecule has 1 atom stereocenters. The number of ether oxygens (including phenoxy) is 2. The lowest BCUT2D eigenvalue weighted by molar-refractivity contribution is 0.0189. The summed E-state index contributed by atoms with van der Waals surface area (Å²) in [7, 11) is 0. The Hall–Kier alpha value is -3.32. The molecule has 7 heteroatoms. The number of aliphatic hydroxyl groups excluding tert-OH is 1. The fourth-order valence-electron chi connectivity index (χ4n) is 4.64. The fourth-order valence-corrected chi connectivity index (χ4v) is 4.64. The monoisotopic (exact) mass is 498 g/mol. The molecule has 0 aliphatic heterocycles. The second-order valence-corrected chi connectivity index (χ2v) is 9.09. The normalized spacial score (nSPS) is 18.5. The number of benzene rings is 3. The Bertz CT molecular complexity index is 1220. The molecular weight excluding hydrogens is 469 g/mol. The Morgan fingerprint density at radius 1 is 0.972 bits per heavy atom. The SMILES string of the molecule is CCOc1ccc(C2CCC(OC(=O)c3ccc(-c4ccc(C(C)O)cc4)c(F)c3F)CC2)cc1F. The molecule has 4 rings (SSSR count). The standard InChI is InChI=1S/C29H29F3O4/c1-3-35-26-15-10-21(16-25(26)30)19-8-11-22(12-9-19)36-29(34)24-14-13-23(27(31)28(24)32)20-6-4-18(5-7-20)17(2)33/h4-7,10,13-17,19,22,33H,3,8-9,11-12H2,1-2H3. The first-order valence-corrected chi connectivity index (χ1v) is 12.2. The summed E-state index contributed by atoms with van der Waals surface area (Å²) in [6.07, 6.45) is 1.37. The molecule has 3 aromatic carbocycles. The molecular formula is C29H29F3O4. The topological polar surface area (TPSA) is 55.8 Å². The molecule has 0 spiro atoms. The number of hydrogen-bond donors (Lipinski definition) is 1. The van der Waals surface area contributed by atoms with Gasteiger partial charge in [0.2, 0.25) is 0 Å². The summed E-state index contributed by atoms with van der Waals surface area (Å²) in [4.78, 5) is 12.6. The van der Waals surface area contributed by atoms with Crippen molar-refractivity contribution in [3.8, 4) is 16.9 Å². The number of carbonyl (C=O) groups is 1. The third-order valence-electron chi connectivity index (χ3n) is 6.68. The maximum Gasteiger partial charge on any atom is 0.341 e. The molecule has 0 radical (unpaired) electrons. The summed E-state index contributed by atoms with van der Waals surface area (Å²) >= 11 is 0. The molecule has 0 saturated heterocycles. The number of carbonyl (C=O) groups excluding carboxylic acids is 1. The highest BCUT2D eigenvalue weighted by Crippen LogP contribution is 2.36. The van der Waals surface area contributed by atoms with Crippen molar-refractivity contribution in [3.05, 3.63) is 88.7 Å². The summed E-state index contributed by atoms with van der Waals surface area (Å²) < 4.78 is 54.6. The third kappa shape index (κ3) is 5.57. The van der Waals surface area contributed by atoms with Crippen LogP contribution in [0.1, 0.15) is 73.0 Å². The molecule has 1 aliphatic rings. The average molecular weight is 499 g/mol. The van der Waals surface area contributed by atoms with Crippen molar-refractivity contribution >= 4 is 5.97 Å². The second kappa shape index (κ2) is 11.2. The highest BCUT2D eigenvalue weighted by Gasteiger charge is 2.28. The number of aliphatic hydroxyl groups is 1. The van der Waals surface area contributed by atoms with Gasteiger partial charge in [-0.05, 0) is 80.3 Å². The van der Waals surface area contributed by atoms with Crippen molar-refractivity contribution in [3.63, 3.8) is 0 Å². The number of esters is 1. The van der Waals surface area contributed by atoms with Gasteiger partial charge >= 0.3 is 5.97 Å². The van der Waals surface area contributed by atoms with E-state index in [0.29, 0.717) is 43.4 Å². The zero-order valence-corrected chi connectivity index (χ0v) is 20.3. The largest absolute Gasteiger partial charge is 0.491 e. The first kappa shape index (κ1) is 25.8. The summed E-state index contributed by atoms with van der Waals surface area (Å²) in [6, 6.07) is 14.0. The molecule has 0 heterocycles. The molecule has 0 aromatic heterocycles. The van der Waals surface area contributed by atoms with Gasteiger partial charge in [0.15, 0.2) is 23.2 Å². The molecule has 0 bridgehead atoms. The maximum atomic E-state index is 14.8. The Morgan fingerprint density at radius 2 is 1.67 bits per heavy atom. The first-order valence-electron chi connectivity index (χ1n) is 12.2. The number of rotatable bonds is 7. The minimum atomic E-state index is -1.25. The molecule has 1 N–H and O–H groups in total. The van der Waals surface area contributed by atoms with Gasteiger partial charge in [-0.1, -0.05) is 36.4 Å². The van der Waals surface area contributed by atoms with Crippen LogP contribution in [-0.2, 0) is 4.74 Å². The van der Waals surface area contributed by atoms with E-state index in [1.54, 1.807) is 44.2 Å². The minimum absolute atomic E-state index is 0.0179. The Kier molecular flexibility index (Phi) is 7.99. The quantitative estimate of drug-likeness (QED) is 0.353. The fraction of sp³-hybridized carbons (Fsp3) is 0.345. The van der Waals surface area contributed by atoms with Crippen LogP contribution in [0.5, 0.6) is 5.75 Å². The zero-order chi connectivity index (χ0) is 25.8.